The molecule has 4 aromatic carbocycles. The Morgan fingerprint density at radius 1 is 0.667 bits per heavy atom. The van der Waals surface area contributed by atoms with E-state index in [1.54, 1.807) is 12.4 Å². The minimum absolute atomic E-state index is 0. The summed E-state index contributed by atoms with van der Waals surface area (Å²) in [6.45, 7) is 19.0. The van der Waals surface area contributed by atoms with Crippen LogP contribution in [-0.2, 0) is 50.0 Å². The van der Waals surface area contributed by atoms with Crippen molar-refractivity contribution in [3.63, 3.8) is 0 Å². The van der Waals surface area contributed by atoms with Crippen molar-refractivity contribution in [2.24, 2.45) is 9.98 Å². The van der Waals surface area contributed by atoms with Gasteiger partial charge in [-0.25, -0.2) is 0 Å². The molecular formula is C42H52CoN2O6. The number of carboxylic acid groups (broad SMARTS) is 2. The number of rotatable bonds is 8. The Morgan fingerprint density at radius 2 is 1.00 bits per heavy atom. The van der Waals surface area contributed by atoms with Crippen molar-refractivity contribution in [1.82, 2.24) is 0 Å². The van der Waals surface area contributed by atoms with Gasteiger partial charge in [0.1, 0.15) is 11.5 Å². The molecule has 0 aliphatic heterocycles. The molecular weight excluding hydrogens is 687 g/mol. The Kier molecular flexibility index (Phi) is 17.3. The molecule has 0 saturated heterocycles. The molecule has 0 amide bonds. The van der Waals surface area contributed by atoms with Gasteiger partial charge in [0.2, 0.25) is 0 Å². The van der Waals surface area contributed by atoms with Gasteiger partial charge >= 0.3 is 16.8 Å². The molecule has 0 aliphatic rings. The van der Waals surface area contributed by atoms with E-state index < -0.39 is 11.9 Å². The van der Waals surface area contributed by atoms with Crippen molar-refractivity contribution in [2.75, 3.05) is 0 Å². The van der Waals surface area contributed by atoms with E-state index in [0.29, 0.717) is 0 Å². The van der Waals surface area contributed by atoms with Crippen molar-refractivity contribution in [3.05, 3.63) is 94.0 Å². The Bertz CT molecular complexity index is 1710. The molecule has 51 heavy (non-hydrogen) atoms. The van der Waals surface area contributed by atoms with Crippen LogP contribution in [0.4, 0.5) is 11.4 Å². The van der Waals surface area contributed by atoms with Crippen LogP contribution in [0.5, 0.6) is 11.5 Å². The first-order chi connectivity index (χ1) is 23.3. The number of aryl methyl sites for hydroxylation is 2. The van der Waals surface area contributed by atoms with Gasteiger partial charge < -0.3 is 30.0 Å². The molecule has 0 unspecified atom stereocenters. The summed E-state index contributed by atoms with van der Waals surface area (Å²) in [5.41, 5.74) is 6.86. The second-order valence-corrected chi connectivity index (χ2v) is 14.3. The summed E-state index contributed by atoms with van der Waals surface area (Å²) < 4.78 is 0. The number of fused-ring (bicyclic) bond motifs is 1. The van der Waals surface area contributed by atoms with Gasteiger partial charge in [-0.3, -0.25) is 9.98 Å². The summed E-state index contributed by atoms with van der Waals surface area (Å²) in [5.74, 6) is -1.61. The molecule has 0 aromatic heterocycles. The Labute approximate surface area is 313 Å². The van der Waals surface area contributed by atoms with E-state index in [2.05, 4.69) is 79.7 Å². The minimum atomic E-state index is -1.08. The van der Waals surface area contributed by atoms with Crippen LogP contribution in [-0.4, -0.2) is 34.6 Å². The van der Waals surface area contributed by atoms with Crippen LogP contribution in [0.25, 0.3) is 10.8 Å². The van der Waals surface area contributed by atoms with Crippen LogP contribution in [0.3, 0.4) is 0 Å². The summed E-state index contributed by atoms with van der Waals surface area (Å²) in [6, 6.07) is 20.4. The van der Waals surface area contributed by atoms with Crippen LogP contribution >= 0.6 is 0 Å². The van der Waals surface area contributed by atoms with Crippen molar-refractivity contribution in [3.8, 4) is 11.5 Å². The van der Waals surface area contributed by atoms with Crippen molar-refractivity contribution >= 4 is 46.5 Å². The molecule has 4 rings (SSSR count). The van der Waals surface area contributed by atoms with Crippen LogP contribution < -0.4 is 10.2 Å². The molecule has 0 saturated carbocycles. The van der Waals surface area contributed by atoms with Gasteiger partial charge in [-0.05, 0) is 78.3 Å². The first-order valence-electron chi connectivity index (χ1n) is 17.0. The predicted octanol–water partition coefficient (Wildman–Crippen LogP) is 7.76. The van der Waals surface area contributed by atoms with Gasteiger partial charge in [0.05, 0.1) is 11.4 Å². The molecule has 8 nitrogen and oxygen atoms in total. The van der Waals surface area contributed by atoms with Gasteiger partial charge in [-0.15, -0.1) is 0 Å². The molecule has 275 valence electrons. The van der Waals surface area contributed by atoms with Crippen LogP contribution in [0.15, 0.2) is 70.6 Å². The zero-order chi connectivity index (χ0) is 37.8. The quantitative estimate of drug-likeness (QED) is 0.177. The topological polar surface area (TPSA) is 145 Å². The second kappa shape index (κ2) is 19.8. The molecule has 4 aromatic rings. The first kappa shape index (κ1) is 44.5. The van der Waals surface area contributed by atoms with Crippen LogP contribution in [0.2, 0.25) is 0 Å². The predicted molar refractivity (Wildman–Crippen MR) is 201 cm³/mol. The maximum atomic E-state index is 11.2. The van der Waals surface area contributed by atoms with Crippen LogP contribution in [0, 0.1) is 0 Å². The second-order valence-electron chi connectivity index (χ2n) is 14.3. The fourth-order valence-corrected chi connectivity index (χ4v) is 5.44. The Morgan fingerprint density at radius 3 is 1.29 bits per heavy atom. The number of phenols is 2. The van der Waals surface area contributed by atoms with Gasteiger partial charge in [0.25, 0.3) is 0 Å². The molecule has 0 bridgehead atoms. The number of carbonyl (C=O) groups is 2. The average Bonchev–Trinajstić information content (AvgIpc) is 2.99. The van der Waals surface area contributed by atoms with E-state index in [4.69, 9.17) is 29.8 Å². The van der Waals surface area contributed by atoms with E-state index in [1.807, 2.05) is 36.4 Å². The molecule has 0 heterocycles. The molecule has 0 spiro atoms. The molecule has 9 heteroatoms. The minimum Gasteiger partial charge on any atom is -0.550 e. The Hall–Kier alpha value is -4.47. The first-order valence-corrected chi connectivity index (χ1v) is 17.0. The van der Waals surface area contributed by atoms with Crippen molar-refractivity contribution in [2.45, 2.75) is 106 Å². The van der Waals surface area contributed by atoms with E-state index >= 15 is 0 Å². The summed E-state index contributed by atoms with van der Waals surface area (Å²) in [4.78, 5) is 27.6. The largest absolute Gasteiger partial charge is 2.00 e. The number of benzene rings is 4. The smallest absolute Gasteiger partial charge is 0.550 e. The number of aliphatic imine (C=N–C) groups is 2. The van der Waals surface area contributed by atoms with E-state index in [9.17, 15) is 10.2 Å². The van der Waals surface area contributed by atoms with E-state index in [1.165, 1.54) is 11.1 Å². The summed E-state index contributed by atoms with van der Waals surface area (Å²) in [5, 5.41) is 42.1. The monoisotopic (exact) mass is 739 g/mol. The number of aromatic hydroxyl groups is 2. The zero-order valence-electron chi connectivity index (χ0n) is 31.5. The summed E-state index contributed by atoms with van der Waals surface area (Å²) in [6.07, 6.45) is 7.50. The normalized spacial score (nSPS) is 11.4. The van der Waals surface area contributed by atoms with Crippen molar-refractivity contribution < 1.29 is 46.8 Å². The number of hydrogen-bond donors (Lipinski definition) is 2. The molecule has 1 radical (unpaired) electrons. The van der Waals surface area contributed by atoms with Gasteiger partial charge in [-0.1, -0.05) is 105 Å². The average molecular weight is 740 g/mol. The summed E-state index contributed by atoms with van der Waals surface area (Å²) >= 11 is 0. The van der Waals surface area contributed by atoms with Gasteiger partial charge in [-0.2, -0.15) is 0 Å². The van der Waals surface area contributed by atoms with E-state index in [0.717, 1.165) is 83.9 Å². The van der Waals surface area contributed by atoms with E-state index in [-0.39, 0.29) is 39.1 Å². The number of aliphatic carboxylic acids is 2. The maximum absolute atomic E-state index is 11.2. The molecule has 0 atom stereocenters. The molecule has 2 N–H and O–H groups in total. The fraction of sp³-hybridized carbons (Fsp3) is 0.381. The standard InChI is InChI=1S/C38H46N2O2.2C2H4O2.Co/c1-9-13-25-19-28(35(41)30(21-25)37(3,4)5)23-39-32-17-11-15-27-16-12-18-33(34(27)32)40-24-29-20-26(14-10-2)22-31(36(29)42)38(6,7)8;2*1-2(3)4;/h11-12,15-24,41-42H,9-10,13-14H2,1-8H3;2*1H3,(H,3,4);/q;;;+2/p-2. The Balaban J connectivity index is 0.00000131. The number of nitrogens with zero attached hydrogens (tertiary/aromatic N) is 2. The van der Waals surface area contributed by atoms with Crippen LogP contribution in [0.1, 0.15) is 115 Å². The fourth-order valence-electron chi connectivity index (χ4n) is 5.44. The number of carbonyl (C=O) groups excluding carboxylic acids is 2. The SMILES string of the molecule is CC(=O)[O-].CC(=O)[O-].CCCc1cc(C=Nc2cccc3cccc(N=Cc4cc(CCC)cc(C(C)(C)C)c4O)c23)c(O)c(C(C)(C)C)c1.[Co+2]. The van der Waals surface area contributed by atoms with Gasteiger partial charge in [0, 0.05) is 52.0 Å². The number of phenolic OH excluding ortho intramolecular Hbond substituents is 2. The third-order valence-electron chi connectivity index (χ3n) is 7.64. The van der Waals surface area contributed by atoms with Gasteiger partial charge in [0.15, 0.2) is 0 Å². The summed E-state index contributed by atoms with van der Waals surface area (Å²) in [7, 11) is 0. The molecule has 0 fully saturated rings. The number of hydrogen-bond acceptors (Lipinski definition) is 8. The number of carboxylic acids is 2. The molecule has 0 aliphatic carbocycles. The third kappa shape index (κ3) is 13.6. The van der Waals surface area contributed by atoms with Crippen molar-refractivity contribution in [1.29, 1.82) is 0 Å². The maximum Gasteiger partial charge on any atom is 2.00 e. The third-order valence-corrected chi connectivity index (χ3v) is 7.64. The zero-order valence-corrected chi connectivity index (χ0v) is 32.6.